The van der Waals surface area contributed by atoms with Gasteiger partial charge < -0.3 is 15.7 Å². The normalized spacial score (nSPS) is 11.7. The van der Waals surface area contributed by atoms with Gasteiger partial charge in [-0.2, -0.15) is 26.3 Å². The summed E-state index contributed by atoms with van der Waals surface area (Å²) in [4.78, 5) is 22.9. The lowest BCUT2D eigenvalue weighted by Gasteiger charge is -2.16. The van der Waals surface area contributed by atoms with Crippen LogP contribution in [-0.2, 0) is 23.7 Å². The minimum absolute atomic E-state index is 0.0710. The van der Waals surface area contributed by atoms with Crippen molar-refractivity contribution >= 4 is 40.8 Å². The van der Waals surface area contributed by atoms with Crippen molar-refractivity contribution in [1.29, 1.82) is 0 Å². The highest BCUT2D eigenvalue weighted by molar-refractivity contribution is 6.36. The molecule has 0 atom stereocenters. The molecule has 0 saturated heterocycles. The molecule has 4 aromatic carbocycles. The van der Waals surface area contributed by atoms with E-state index in [4.69, 9.17) is 28.3 Å². The Morgan fingerprint density at radius 3 is 1.84 bits per heavy atom. The highest BCUT2D eigenvalue weighted by Gasteiger charge is 2.32. The molecule has 0 aliphatic carbocycles. The van der Waals surface area contributed by atoms with Gasteiger partial charge in [0.05, 0.1) is 22.6 Å². The van der Waals surface area contributed by atoms with Crippen molar-refractivity contribution in [3.63, 3.8) is 0 Å². The van der Waals surface area contributed by atoms with Crippen LogP contribution in [0.2, 0.25) is 10.0 Å². The molecule has 0 heterocycles. The molecular formula is C31H22Cl2F6N2O3. The lowest BCUT2D eigenvalue weighted by molar-refractivity contribution is -0.138. The smallest absolute Gasteiger partial charge is 0.416 e. The fourth-order valence-corrected chi connectivity index (χ4v) is 4.88. The summed E-state index contributed by atoms with van der Waals surface area (Å²) >= 11 is 12.5. The highest BCUT2D eigenvalue weighted by Crippen LogP contribution is 2.39. The predicted octanol–water partition coefficient (Wildman–Crippen LogP) is 9.18. The van der Waals surface area contributed by atoms with Gasteiger partial charge in [-0.15, -0.1) is 0 Å². The number of hydrogen-bond donors (Lipinski definition) is 3. The Balaban J connectivity index is 1.56. The number of carboxylic acids is 1. The van der Waals surface area contributed by atoms with Crippen LogP contribution in [0.4, 0.5) is 32.0 Å². The Kier molecular flexibility index (Phi) is 9.80. The Morgan fingerprint density at radius 2 is 1.27 bits per heavy atom. The minimum atomic E-state index is -4.60. The van der Waals surface area contributed by atoms with Crippen LogP contribution in [0, 0.1) is 0 Å². The molecule has 13 heteroatoms. The summed E-state index contributed by atoms with van der Waals surface area (Å²) in [7, 11) is 0. The van der Waals surface area contributed by atoms with E-state index in [1.54, 1.807) is 12.1 Å². The summed E-state index contributed by atoms with van der Waals surface area (Å²) in [6.07, 6.45) is -9.42. The summed E-state index contributed by atoms with van der Waals surface area (Å²) in [5.74, 6) is -1.60. The van der Waals surface area contributed by atoms with Crippen molar-refractivity contribution in [2.45, 2.75) is 25.3 Å². The second-order valence-corrected chi connectivity index (χ2v) is 10.4. The summed E-state index contributed by atoms with van der Waals surface area (Å²) < 4.78 is 79.7. The fourth-order valence-electron chi connectivity index (χ4n) is 4.31. The van der Waals surface area contributed by atoms with E-state index in [1.807, 2.05) is 0 Å². The molecule has 5 nitrogen and oxygen atoms in total. The van der Waals surface area contributed by atoms with Crippen molar-refractivity contribution in [2.24, 2.45) is 0 Å². The fraction of sp³-hybridized carbons (Fsp3) is 0.161. The topological polar surface area (TPSA) is 78.4 Å². The third-order valence-corrected chi connectivity index (χ3v) is 7.18. The Labute approximate surface area is 257 Å². The lowest BCUT2D eigenvalue weighted by atomic mass is 9.96. The summed E-state index contributed by atoms with van der Waals surface area (Å²) in [6.45, 7) is -0.0106. The van der Waals surface area contributed by atoms with Gasteiger partial charge in [-0.1, -0.05) is 53.5 Å². The Bertz CT molecular complexity index is 1690. The van der Waals surface area contributed by atoms with E-state index in [1.165, 1.54) is 42.5 Å². The van der Waals surface area contributed by atoms with Crippen LogP contribution in [0.15, 0.2) is 78.9 Å². The van der Waals surface area contributed by atoms with Gasteiger partial charge in [0.1, 0.15) is 0 Å². The van der Waals surface area contributed by atoms with Gasteiger partial charge in [0.2, 0.25) is 0 Å². The SMILES string of the molecule is O=C(O)CCNC(=O)c1ccc(-c2cc(C(F)(F)F)ccc2CNc2ccc(-c3ccc(C(F)(F)F)cc3Cl)c(Cl)c2)cc1. The number of halogens is 8. The maximum absolute atomic E-state index is 13.6. The molecule has 0 unspecified atom stereocenters. The number of nitrogens with one attached hydrogen (secondary N) is 2. The quantitative estimate of drug-likeness (QED) is 0.157. The molecule has 44 heavy (non-hydrogen) atoms. The standard InChI is InChI=1S/C31H22Cl2F6N2O3/c32-26-14-21(31(37,38)39)7-9-23(26)24-10-8-22(15-27(24)33)41-16-19-5-6-20(30(34,35)36)13-25(19)17-1-3-18(4-2-17)29(44)40-12-11-28(42)43/h1-10,13-15,41H,11-12,16H2,(H,40,44)(H,42,43). The van der Waals surface area contributed by atoms with E-state index >= 15 is 0 Å². The largest absolute Gasteiger partial charge is 0.481 e. The number of alkyl halides is 6. The molecule has 0 aromatic heterocycles. The molecule has 0 bridgehead atoms. The van der Waals surface area contributed by atoms with E-state index < -0.39 is 35.4 Å². The number of benzene rings is 4. The second kappa shape index (κ2) is 13.2. The third-order valence-electron chi connectivity index (χ3n) is 6.56. The van der Waals surface area contributed by atoms with Crippen LogP contribution in [0.1, 0.15) is 33.5 Å². The van der Waals surface area contributed by atoms with E-state index in [2.05, 4.69) is 10.6 Å². The van der Waals surface area contributed by atoms with Crippen LogP contribution in [0.25, 0.3) is 22.3 Å². The molecular weight excluding hydrogens is 633 g/mol. The second-order valence-electron chi connectivity index (χ2n) is 9.59. The maximum Gasteiger partial charge on any atom is 0.416 e. The zero-order chi connectivity index (χ0) is 32.2. The van der Waals surface area contributed by atoms with Gasteiger partial charge in [-0.3, -0.25) is 9.59 Å². The maximum atomic E-state index is 13.6. The van der Waals surface area contributed by atoms with Gasteiger partial charge in [-0.25, -0.2) is 0 Å². The number of rotatable bonds is 9. The number of carbonyl (C=O) groups is 2. The van der Waals surface area contributed by atoms with Gasteiger partial charge in [0.15, 0.2) is 0 Å². The van der Waals surface area contributed by atoms with Crippen LogP contribution >= 0.6 is 23.2 Å². The highest BCUT2D eigenvalue weighted by atomic mass is 35.5. The lowest BCUT2D eigenvalue weighted by Crippen LogP contribution is -2.25. The number of anilines is 1. The van der Waals surface area contributed by atoms with Crippen LogP contribution in [0.3, 0.4) is 0 Å². The van der Waals surface area contributed by atoms with Crippen molar-refractivity contribution in [3.05, 3.63) is 111 Å². The van der Waals surface area contributed by atoms with E-state index in [-0.39, 0.29) is 40.7 Å². The van der Waals surface area contributed by atoms with Crippen LogP contribution in [0.5, 0.6) is 0 Å². The van der Waals surface area contributed by atoms with Gasteiger partial charge in [0.25, 0.3) is 5.91 Å². The molecule has 0 spiro atoms. The van der Waals surface area contributed by atoms with Crippen molar-refractivity contribution in [3.8, 4) is 22.3 Å². The van der Waals surface area contributed by atoms with Crippen LogP contribution in [-0.4, -0.2) is 23.5 Å². The molecule has 0 aliphatic heterocycles. The summed E-state index contributed by atoms with van der Waals surface area (Å²) in [5.41, 5.74) is 0.745. The summed E-state index contributed by atoms with van der Waals surface area (Å²) in [6, 6.07) is 16.7. The number of aliphatic carboxylic acids is 1. The molecule has 4 aromatic rings. The van der Waals surface area contributed by atoms with E-state index in [0.29, 0.717) is 27.9 Å². The van der Waals surface area contributed by atoms with Crippen molar-refractivity contribution < 1.29 is 41.0 Å². The van der Waals surface area contributed by atoms with E-state index in [9.17, 15) is 35.9 Å². The zero-order valence-electron chi connectivity index (χ0n) is 22.4. The number of amides is 1. The zero-order valence-corrected chi connectivity index (χ0v) is 23.9. The molecule has 3 N–H and O–H groups in total. The van der Waals surface area contributed by atoms with E-state index in [0.717, 1.165) is 24.3 Å². The predicted molar refractivity (Wildman–Crippen MR) is 156 cm³/mol. The average molecular weight is 655 g/mol. The Morgan fingerprint density at radius 1 is 0.705 bits per heavy atom. The average Bonchev–Trinajstić information content (AvgIpc) is 2.95. The molecule has 0 fully saturated rings. The Hall–Kier alpha value is -4.22. The summed E-state index contributed by atoms with van der Waals surface area (Å²) in [5, 5.41) is 14.3. The number of hydrogen-bond acceptors (Lipinski definition) is 3. The molecule has 0 aliphatic rings. The van der Waals surface area contributed by atoms with Gasteiger partial charge in [0, 0.05) is 40.5 Å². The minimum Gasteiger partial charge on any atom is -0.481 e. The number of carboxylic acid groups (broad SMARTS) is 1. The molecule has 230 valence electrons. The first kappa shape index (κ1) is 32.7. The molecule has 4 rings (SSSR count). The first-order valence-electron chi connectivity index (χ1n) is 12.8. The first-order valence-corrected chi connectivity index (χ1v) is 13.6. The van der Waals surface area contributed by atoms with Crippen LogP contribution < -0.4 is 10.6 Å². The third kappa shape index (κ3) is 8.03. The molecule has 0 saturated carbocycles. The van der Waals surface area contributed by atoms with Gasteiger partial charge in [-0.05, 0) is 65.2 Å². The number of carbonyl (C=O) groups excluding carboxylic acids is 1. The monoisotopic (exact) mass is 654 g/mol. The van der Waals surface area contributed by atoms with Crippen molar-refractivity contribution in [2.75, 3.05) is 11.9 Å². The van der Waals surface area contributed by atoms with Gasteiger partial charge >= 0.3 is 18.3 Å². The molecule has 1 amide bonds. The first-order chi connectivity index (χ1) is 20.6. The molecule has 0 radical (unpaired) electrons. The van der Waals surface area contributed by atoms with Crippen molar-refractivity contribution in [1.82, 2.24) is 5.32 Å².